The zero-order chi connectivity index (χ0) is 23.1. The first-order valence-corrected chi connectivity index (χ1v) is 11.0. The van der Waals surface area contributed by atoms with Gasteiger partial charge >= 0.3 is 0 Å². The van der Waals surface area contributed by atoms with Gasteiger partial charge in [0.2, 0.25) is 0 Å². The van der Waals surface area contributed by atoms with Gasteiger partial charge in [-0.05, 0) is 49.7 Å². The molecule has 1 aliphatic rings. The Bertz CT molecular complexity index is 1300. The van der Waals surface area contributed by atoms with Crippen LogP contribution >= 0.6 is 24.8 Å². The lowest BCUT2D eigenvalue weighted by molar-refractivity contribution is 0.404. The number of nitrogens with one attached hydrogen (secondary N) is 1. The van der Waals surface area contributed by atoms with Crippen LogP contribution in [0.3, 0.4) is 0 Å². The van der Waals surface area contributed by atoms with E-state index in [2.05, 4.69) is 44.3 Å². The van der Waals surface area contributed by atoms with Crippen LogP contribution in [0.4, 0.5) is 5.82 Å². The number of aryl methyl sites for hydroxylation is 1. The van der Waals surface area contributed by atoms with Gasteiger partial charge in [0.15, 0.2) is 5.82 Å². The summed E-state index contributed by atoms with van der Waals surface area (Å²) in [6.07, 6.45) is 3.65. The number of halogens is 2. The van der Waals surface area contributed by atoms with Crippen molar-refractivity contribution in [3.63, 3.8) is 0 Å². The molecule has 186 valence electrons. The molecule has 1 aliphatic heterocycles. The van der Waals surface area contributed by atoms with Crippen molar-refractivity contribution in [2.24, 2.45) is 7.05 Å². The summed E-state index contributed by atoms with van der Waals surface area (Å²) in [7, 11) is 3.49. The van der Waals surface area contributed by atoms with Crippen molar-refractivity contribution in [3.8, 4) is 34.0 Å². The fourth-order valence-electron chi connectivity index (χ4n) is 4.49. The summed E-state index contributed by atoms with van der Waals surface area (Å²) in [5.41, 5.74) is 3.37. The summed E-state index contributed by atoms with van der Waals surface area (Å²) >= 11 is 0. The normalized spacial score (nSPS) is 17.5. The minimum atomic E-state index is 0. The van der Waals surface area contributed by atoms with E-state index >= 15 is 0 Å². The number of methoxy groups -OCH3 is 1. The predicted octanol–water partition coefficient (Wildman–Crippen LogP) is 3.84. The molecule has 1 aromatic carbocycles. The average Bonchev–Trinajstić information content (AvgIpc) is 3.18. The number of rotatable bonds is 4. The minimum absolute atomic E-state index is 0. The molecular weight excluding hydrogens is 489 g/mol. The first-order valence-electron chi connectivity index (χ1n) is 11.0. The van der Waals surface area contributed by atoms with Crippen molar-refractivity contribution >= 4 is 41.5 Å². The molecule has 0 unspecified atom stereocenters. The summed E-state index contributed by atoms with van der Waals surface area (Å²) in [6, 6.07) is 10.2. The maximum absolute atomic E-state index is 10.7. The number of hydrogen-bond acceptors (Lipinski definition) is 8. The van der Waals surface area contributed by atoms with Crippen molar-refractivity contribution in [1.82, 2.24) is 30.3 Å². The molecule has 0 amide bonds. The van der Waals surface area contributed by atoms with Crippen LogP contribution in [0.15, 0.2) is 42.7 Å². The zero-order valence-corrected chi connectivity index (χ0v) is 21.6. The monoisotopic (exact) mass is 517 g/mol. The second kappa shape index (κ2) is 10.6. The lowest BCUT2D eigenvalue weighted by Gasteiger charge is -2.36. The number of hydrogen-bond donors (Lipinski definition) is 2. The summed E-state index contributed by atoms with van der Waals surface area (Å²) in [5, 5.41) is 28.4. The van der Waals surface area contributed by atoms with Gasteiger partial charge in [-0.1, -0.05) is 0 Å². The van der Waals surface area contributed by atoms with Gasteiger partial charge in [-0.2, -0.15) is 5.10 Å². The zero-order valence-electron chi connectivity index (χ0n) is 20.0. The first-order chi connectivity index (χ1) is 15.9. The molecule has 4 aromatic rings. The Labute approximate surface area is 216 Å². The van der Waals surface area contributed by atoms with Crippen molar-refractivity contribution < 1.29 is 9.84 Å². The third-order valence-electron chi connectivity index (χ3n) is 5.88. The predicted molar refractivity (Wildman–Crippen MR) is 142 cm³/mol. The number of ether oxygens (including phenoxy) is 1. The molecule has 5 rings (SSSR count). The lowest BCUT2D eigenvalue weighted by atomic mass is 10.0. The molecule has 9 nitrogen and oxygen atoms in total. The van der Waals surface area contributed by atoms with E-state index in [1.165, 1.54) is 0 Å². The van der Waals surface area contributed by atoms with Crippen molar-refractivity contribution in [2.75, 3.05) is 25.1 Å². The summed E-state index contributed by atoms with van der Waals surface area (Å²) in [4.78, 5) is 6.72. The number of anilines is 1. The third kappa shape index (κ3) is 5.27. The highest BCUT2D eigenvalue weighted by molar-refractivity contribution is 5.90. The maximum Gasteiger partial charge on any atom is 0.151 e. The molecular formula is C24H29Cl2N7O2. The molecule has 2 atom stereocenters. The van der Waals surface area contributed by atoms with Crippen LogP contribution in [-0.2, 0) is 7.05 Å². The van der Waals surface area contributed by atoms with Gasteiger partial charge in [0.05, 0.1) is 7.11 Å². The van der Waals surface area contributed by atoms with Crippen LogP contribution in [0.25, 0.3) is 33.4 Å². The summed E-state index contributed by atoms with van der Waals surface area (Å²) in [6.45, 7) is 6.08. The van der Waals surface area contributed by atoms with Gasteiger partial charge in [-0.25, -0.2) is 4.98 Å². The van der Waals surface area contributed by atoms with Crippen molar-refractivity contribution in [2.45, 2.75) is 25.9 Å². The van der Waals surface area contributed by atoms with E-state index in [0.29, 0.717) is 29.2 Å². The Kier molecular flexibility index (Phi) is 8.04. The smallest absolute Gasteiger partial charge is 0.151 e. The third-order valence-corrected chi connectivity index (χ3v) is 5.88. The number of benzene rings is 1. The van der Waals surface area contributed by atoms with Gasteiger partial charge < -0.3 is 20.1 Å². The Morgan fingerprint density at radius 3 is 2.40 bits per heavy atom. The highest BCUT2D eigenvalue weighted by Gasteiger charge is 2.22. The number of piperazine rings is 1. The second-order valence-electron chi connectivity index (χ2n) is 8.66. The fraction of sp³-hybridized carbons (Fsp3) is 0.333. The topological polar surface area (TPSA) is 101 Å². The Morgan fingerprint density at radius 1 is 1.03 bits per heavy atom. The summed E-state index contributed by atoms with van der Waals surface area (Å²) < 4.78 is 7.27. The Balaban J connectivity index is 0.00000171. The van der Waals surface area contributed by atoms with Crippen LogP contribution in [0.2, 0.25) is 0 Å². The first kappa shape index (κ1) is 26.5. The van der Waals surface area contributed by atoms with Gasteiger partial charge in [-0.3, -0.25) is 4.68 Å². The van der Waals surface area contributed by atoms with Gasteiger partial charge in [0, 0.05) is 55.6 Å². The van der Waals surface area contributed by atoms with Crippen molar-refractivity contribution in [1.29, 1.82) is 0 Å². The molecule has 4 heterocycles. The van der Waals surface area contributed by atoms with E-state index in [0.717, 1.165) is 40.9 Å². The quantitative estimate of drug-likeness (QED) is 0.421. The van der Waals surface area contributed by atoms with E-state index in [1.807, 2.05) is 37.5 Å². The standard InChI is InChI=1S/C24H27N7O2.2ClH/c1-14-11-31(12-15(2)26-14)22-6-5-19(27-28-22)24-20(32)8-17(10-25-24)16-7-18-13-30(3)29-23(18)21(9-16)33-4;;/h5-10,13-15,26,32H,11-12H2,1-4H3;2*1H/t14-,15-;;/m1../s1. The van der Waals surface area contributed by atoms with Crippen molar-refractivity contribution in [3.05, 3.63) is 42.7 Å². The van der Waals surface area contributed by atoms with Gasteiger partial charge in [0.1, 0.15) is 28.4 Å². The molecule has 1 saturated heterocycles. The number of aromatic hydroxyl groups is 1. The fourth-order valence-corrected chi connectivity index (χ4v) is 4.49. The number of pyridine rings is 1. The van der Waals surface area contributed by atoms with Crippen LogP contribution in [0.5, 0.6) is 11.5 Å². The minimum Gasteiger partial charge on any atom is -0.506 e. The molecule has 1 fully saturated rings. The SMILES string of the molecule is COc1cc(-c2cnc(-c3ccc(N4C[C@@H](C)N[C@H](C)C4)nn3)c(O)c2)cc2cn(C)nc12.Cl.Cl. The van der Waals surface area contributed by atoms with E-state index in [9.17, 15) is 5.11 Å². The van der Waals surface area contributed by atoms with E-state index in [1.54, 1.807) is 24.1 Å². The van der Waals surface area contributed by atoms with Gasteiger partial charge in [0.25, 0.3) is 0 Å². The molecule has 2 N–H and O–H groups in total. The van der Waals surface area contributed by atoms with Crippen LogP contribution in [0, 0.1) is 0 Å². The van der Waals surface area contributed by atoms with Gasteiger partial charge in [-0.15, -0.1) is 35.0 Å². The molecule has 0 spiro atoms. The highest BCUT2D eigenvalue weighted by Crippen LogP contribution is 2.35. The molecule has 3 aromatic heterocycles. The van der Waals surface area contributed by atoms with E-state index in [-0.39, 0.29) is 30.6 Å². The molecule has 35 heavy (non-hydrogen) atoms. The molecule has 0 bridgehead atoms. The number of nitrogens with zero attached hydrogens (tertiary/aromatic N) is 6. The lowest BCUT2D eigenvalue weighted by Crippen LogP contribution is -2.54. The molecule has 0 radical (unpaired) electrons. The molecule has 11 heteroatoms. The Morgan fingerprint density at radius 2 is 1.77 bits per heavy atom. The molecule has 0 saturated carbocycles. The number of aromatic nitrogens is 5. The average molecular weight is 518 g/mol. The van der Waals surface area contributed by atoms with E-state index < -0.39 is 0 Å². The van der Waals surface area contributed by atoms with Crippen LogP contribution < -0.4 is 15.0 Å². The second-order valence-corrected chi connectivity index (χ2v) is 8.66. The highest BCUT2D eigenvalue weighted by atomic mass is 35.5. The van der Waals surface area contributed by atoms with E-state index in [4.69, 9.17) is 4.74 Å². The summed E-state index contributed by atoms with van der Waals surface area (Å²) in [5.74, 6) is 1.54. The molecule has 0 aliphatic carbocycles. The van der Waals surface area contributed by atoms with Crippen LogP contribution in [-0.4, -0.2) is 62.4 Å². The van der Waals surface area contributed by atoms with Crippen LogP contribution in [0.1, 0.15) is 13.8 Å². The largest absolute Gasteiger partial charge is 0.506 e. The maximum atomic E-state index is 10.7. The number of fused-ring (bicyclic) bond motifs is 1. The Hall–Kier alpha value is -3.14.